The lowest BCUT2D eigenvalue weighted by molar-refractivity contribution is 0.0994. The lowest BCUT2D eigenvalue weighted by atomic mass is 10.0. The molecule has 2 rings (SSSR count). The number of ketones is 1. The molecule has 0 aliphatic carbocycles. The molecule has 0 bridgehead atoms. The number of hydrogen-bond donors (Lipinski definition) is 0. The first-order chi connectivity index (χ1) is 9.08. The molecule has 1 unspecified atom stereocenters. The van der Waals surface area contributed by atoms with Crippen molar-refractivity contribution in [2.45, 2.75) is 30.9 Å². The van der Waals surface area contributed by atoms with E-state index < -0.39 is 0 Å². The van der Waals surface area contributed by atoms with E-state index in [-0.39, 0.29) is 11.0 Å². The summed E-state index contributed by atoms with van der Waals surface area (Å²) in [7, 11) is 0. The first kappa shape index (κ1) is 13.8. The van der Waals surface area contributed by atoms with Crippen molar-refractivity contribution in [2.24, 2.45) is 0 Å². The van der Waals surface area contributed by atoms with Gasteiger partial charge in [0.15, 0.2) is 5.78 Å². The predicted molar refractivity (Wildman–Crippen MR) is 79.8 cm³/mol. The molecule has 1 aromatic carbocycles. The minimum absolute atomic E-state index is 0.0930. The smallest absolute Gasteiger partial charge is 0.175 e. The average molecular weight is 271 g/mol. The second kappa shape index (κ2) is 6.02. The van der Waals surface area contributed by atoms with Gasteiger partial charge in [0.25, 0.3) is 0 Å². The van der Waals surface area contributed by atoms with Crippen molar-refractivity contribution in [1.82, 2.24) is 4.98 Å². The average Bonchev–Trinajstić information content (AvgIpc) is 2.42. The van der Waals surface area contributed by atoms with Gasteiger partial charge in [0, 0.05) is 22.9 Å². The number of benzene rings is 1. The van der Waals surface area contributed by atoms with Gasteiger partial charge in [-0.25, -0.2) is 0 Å². The van der Waals surface area contributed by atoms with Crippen molar-refractivity contribution >= 4 is 17.5 Å². The van der Waals surface area contributed by atoms with Gasteiger partial charge in [0.2, 0.25) is 0 Å². The molecule has 0 aliphatic rings. The first-order valence-corrected chi connectivity index (χ1v) is 7.14. The summed E-state index contributed by atoms with van der Waals surface area (Å²) in [5.74, 6) is 0.171. The molecule has 0 amide bonds. The topological polar surface area (TPSA) is 30.0 Å². The monoisotopic (exact) mass is 271 g/mol. The Hall–Kier alpha value is -1.61. The first-order valence-electron chi connectivity index (χ1n) is 6.26. The molecule has 1 aromatic heterocycles. The van der Waals surface area contributed by atoms with Gasteiger partial charge in [0.1, 0.15) is 0 Å². The number of Topliss-reactive ketones (excluding diaryl/α,β-unsaturated/α-hetero) is 1. The van der Waals surface area contributed by atoms with Gasteiger partial charge in [-0.05, 0) is 50.1 Å². The summed E-state index contributed by atoms with van der Waals surface area (Å²) in [6.07, 6.45) is 3.49. The number of carbonyl (C=O) groups is 1. The number of hydrogen-bond acceptors (Lipinski definition) is 3. The number of rotatable bonds is 4. The van der Waals surface area contributed by atoms with Gasteiger partial charge in [-0.1, -0.05) is 12.1 Å². The molecule has 0 spiro atoms. The maximum absolute atomic E-state index is 12.4. The zero-order chi connectivity index (χ0) is 13.8. The second-order valence-corrected chi connectivity index (χ2v) is 6.02. The number of aryl methyl sites for hydroxylation is 2. The Morgan fingerprint density at radius 2 is 1.79 bits per heavy atom. The van der Waals surface area contributed by atoms with E-state index in [1.54, 1.807) is 24.2 Å². The van der Waals surface area contributed by atoms with E-state index in [0.29, 0.717) is 0 Å². The molecule has 0 saturated carbocycles. The number of aromatic nitrogens is 1. The third-order valence-electron chi connectivity index (χ3n) is 3.12. The van der Waals surface area contributed by atoms with Crippen molar-refractivity contribution in [3.63, 3.8) is 0 Å². The molecular weight excluding hydrogens is 254 g/mol. The van der Waals surface area contributed by atoms with Gasteiger partial charge >= 0.3 is 0 Å². The van der Waals surface area contributed by atoms with E-state index >= 15 is 0 Å². The van der Waals surface area contributed by atoms with Gasteiger partial charge in [-0.15, -0.1) is 11.8 Å². The van der Waals surface area contributed by atoms with Crippen molar-refractivity contribution in [3.8, 4) is 0 Å². The van der Waals surface area contributed by atoms with Gasteiger partial charge in [0.05, 0.1) is 5.25 Å². The fourth-order valence-electron chi connectivity index (χ4n) is 1.80. The van der Waals surface area contributed by atoms with E-state index in [1.807, 2.05) is 44.2 Å². The van der Waals surface area contributed by atoms with Crippen LogP contribution in [0.3, 0.4) is 0 Å². The highest BCUT2D eigenvalue weighted by Gasteiger charge is 2.16. The highest BCUT2D eigenvalue weighted by Crippen LogP contribution is 2.25. The van der Waals surface area contributed by atoms with Crippen LogP contribution in [-0.4, -0.2) is 16.0 Å². The standard InChI is InChI=1S/C16H17NOS/c1-11-4-5-14(10-12(11)2)16(18)13(3)19-15-6-8-17-9-7-15/h4-10,13H,1-3H3. The molecule has 98 valence electrons. The van der Waals surface area contributed by atoms with Crippen molar-refractivity contribution < 1.29 is 4.79 Å². The largest absolute Gasteiger partial charge is 0.293 e. The van der Waals surface area contributed by atoms with Gasteiger partial charge in [-0.3, -0.25) is 9.78 Å². The quantitative estimate of drug-likeness (QED) is 0.620. The molecule has 1 atom stereocenters. The summed E-state index contributed by atoms with van der Waals surface area (Å²) < 4.78 is 0. The summed E-state index contributed by atoms with van der Waals surface area (Å²) in [4.78, 5) is 17.4. The number of nitrogens with zero attached hydrogens (tertiary/aromatic N) is 1. The van der Waals surface area contributed by atoms with Crippen molar-refractivity contribution in [1.29, 1.82) is 0 Å². The number of thioether (sulfide) groups is 1. The molecular formula is C16H17NOS. The molecule has 2 nitrogen and oxygen atoms in total. The Morgan fingerprint density at radius 3 is 2.42 bits per heavy atom. The SMILES string of the molecule is Cc1ccc(C(=O)C(C)Sc2ccncc2)cc1C. The summed E-state index contributed by atoms with van der Waals surface area (Å²) in [6.45, 7) is 6.04. The molecule has 3 heteroatoms. The fraction of sp³-hybridized carbons (Fsp3) is 0.250. The van der Waals surface area contributed by atoms with Crippen LogP contribution in [0.4, 0.5) is 0 Å². The van der Waals surface area contributed by atoms with Crippen LogP contribution in [0.5, 0.6) is 0 Å². The van der Waals surface area contributed by atoms with Crippen molar-refractivity contribution in [3.05, 3.63) is 59.4 Å². The Balaban J connectivity index is 2.12. The molecule has 1 heterocycles. The van der Waals surface area contributed by atoms with E-state index in [4.69, 9.17) is 0 Å². The van der Waals surface area contributed by atoms with Crippen LogP contribution < -0.4 is 0 Å². The molecule has 0 radical (unpaired) electrons. The lowest BCUT2D eigenvalue weighted by Crippen LogP contribution is -2.13. The molecule has 0 fully saturated rings. The minimum atomic E-state index is -0.0930. The van der Waals surface area contributed by atoms with E-state index in [1.165, 1.54) is 5.56 Å². The van der Waals surface area contributed by atoms with Crippen molar-refractivity contribution in [2.75, 3.05) is 0 Å². The molecule has 19 heavy (non-hydrogen) atoms. The van der Waals surface area contributed by atoms with Crippen LogP contribution in [0.1, 0.15) is 28.4 Å². The Kier molecular flexibility index (Phi) is 4.38. The Labute approximate surface area is 118 Å². The van der Waals surface area contributed by atoms with Crippen LogP contribution >= 0.6 is 11.8 Å². The van der Waals surface area contributed by atoms with E-state index in [9.17, 15) is 4.79 Å². The third-order valence-corrected chi connectivity index (χ3v) is 4.24. The highest BCUT2D eigenvalue weighted by atomic mass is 32.2. The minimum Gasteiger partial charge on any atom is -0.293 e. The van der Waals surface area contributed by atoms with E-state index in [0.717, 1.165) is 16.0 Å². The number of pyridine rings is 1. The summed E-state index contributed by atoms with van der Waals surface area (Å²) in [5.41, 5.74) is 3.16. The number of carbonyl (C=O) groups excluding carboxylic acids is 1. The van der Waals surface area contributed by atoms with E-state index in [2.05, 4.69) is 11.9 Å². The fourth-order valence-corrected chi connectivity index (χ4v) is 2.73. The predicted octanol–water partition coefficient (Wildman–Crippen LogP) is 4.06. The summed E-state index contributed by atoms with van der Waals surface area (Å²) in [6, 6.07) is 9.74. The maximum atomic E-state index is 12.4. The van der Waals surface area contributed by atoms with Crippen LogP contribution in [-0.2, 0) is 0 Å². The van der Waals surface area contributed by atoms with Gasteiger partial charge in [-0.2, -0.15) is 0 Å². The second-order valence-electron chi connectivity index (χ2n) is 4.61. The van der Waals surface area contributed by atoms with Crippen LogP contribution in [0, 0.1) is 13.8 Å². The van der Waals surface area contributed by atoms with Crippen LogP contribution in [0.15, 0.2) is 47.6 Å². The Bertz CT molecular complexity index is 581. The highest BCUT2D eigenvalue weighted by molar-refractivity contribution is 8.00. The van der Waals surface area contributed by atoms with Gasteiger partial charge < -0.3 is 0 Å². The van der Waals surface area contributed by atoms with Crippen LogP contribution in [0.25, 0.3) is 0 Å². The Morgan fingerprint density at radius 1 is 1.11 bits per heavy atom. The normalized spacial score (nSPS) is 12.2. The zero-order valence-corrected chi connectivity index (χ0v) is 12.2. The molecule has 2 aromatic rings. The molecule has 0 saturated heterocycles. The maximum Gasteiger partial charge on any atom is 0.175 e. The molecule has 0 aliphatic heterocycles. The zero-order valence-electron chi connectivity index (χ0n) is 11.4. The van der Waals surface area contributed by atoms with Crippen LogP contribution in [0.2, 0.25) is 0 Å². The summed E-state index contributed by atoms with van der Waals surface area (Å²) in [5, 5.41) is -0.0930. The lowest BCUT2D eigenvalue weighted by Gasteiger charge is -2.11. The summed E-state index contributed by atoms with van der Waals surface area (Å²) >= 11 is 1.57. The molecule has 0 N–H and O–H groups in total. The third kappa shape index (κ3) is 3.44.